The summed E-state index contributed by atoms with van der Waals surface area (Å²) in [4.78, 5) is 9.01. The van der Waals surface area contributed by atoms with Crippen molar-refractivity contribution < 1.29 is 12.8 Å². The second-order valence-electron chi connectivity index (χ2n) is 0.394. The molecule has 0 spiro atoms. The van der Waals surface area contributed by atoms with Gasteiger partial charge in [0.1, 0.15) is 0 Å². The van der Waals surface area contributed by atoms with Crippen LogP contribution in [0.25, 0.3) is 0 Å². The molecule has 0 aromatic rings. The summed E-state index contributed by atoms with van der Waals surface area (Å²) in [6.45, 7) is 0. The van der Waals surface area contributed by atoms with Crippen molar-refractivity contribution in [3.63, 3.8) is 0 Å². The van der Waals surface area contributed by atoms with Gasteiger partial charge in [0.15, 0.2) is 0 Å². The summed E-state index contributed by atoms with van der Waals surface area (Å²) in [7, 11) is 0. The smallest absolute Gasteiger partial charge is 1.00 e. The van der Waals surface area contributed by atoms with Crippen molar-refractivity contribution in [2.75, 3.05) is 0 Å². The van der Waals surface area contributed by atoms with Crippen LogP contribution in [-0.2, 0) is 0 Å². The molecule has 0 unspecified atom stereocenters. The third-order valence-electron chi connectivity index (χ3n) is 0.0956. The van der Waals surface area contributed by atoms with Crippen molar-refractivity contribution in [1.82, 2.24) is 0 Å². The van der Waals surface area contributed by atoms with Gasteiger partial charge in [0.25, 0.3) is 0 Å². The monoisotopic (exact) mass is 214 g/mol. The van der Waals surface area contributed by atoms with Gasteiger partial charge in [-0.1, -0.05) is 5.11 Å². The molecule has 0 heterocycles. The first-order valence-electron chi connectivity index (χ1n) is 0.875. The van der Waals surface area contributed by atoms with Crippen LogP contribution in [0.15, 0.2) is 5.11 Å². The van der Waals surface area contributed by atoms with E-state index >= 15 is 0 Å². The summed E-state index contributed by atoms with van der Waals surface area (Å²) in [6, 6.07) is 0. The second-order valence-corrected chi connectivity index (χ2v) is 0.394. The third kappa shape index (κ3) is 8.82. The van der Waals surface area contributed by atoms with E-state index < -0.39 is 6.09 Å². The van der Waals surface area contributed by atoms with E-state index in [-0.39, 0.29) is 51.7 Å². The molecule has 0 aliphatic heterocycles. The minimum absolute atomic E-state index is 0. The first-order chi connectivity index (χ1) is 2.27. The molecule has 0 aromatic carbocycles. The molecule has 0 aliphatic carbocycles. The van der Waals surface area contributed by atoms with E-state index in [1.54, 1.807) is 0 Å². The summed E-state index contributed by atoms with van der Waals surface area (Å²) >= 11 is 0. The number of hydrogen-bond acceptors (Lipinski definition) is 2. The number of carboxylic acid groups (broad SMARTS) is 1. The first kappa shape index (κ1) is 9.81. The molecule has 0 radical (unpaired) electrons. The van der Waals surface area contributed by atoms with Crippen molar-refractivity contribution in [2.45, 2.75) is 0 Å². The summed E-state index contributed by atoms with van der Waals surface area (Å²) in [6.07, 6.45) is -1.45. The number of amides is 1. The summed E-state index contributed by atoms with van der Waals surface area (Å²) in [5.74, 6) is 0. The molecule has 0 rings (SSSR count). The maximum Gasteiger partial charge on any atom is 2.00 e. The normalized spacial score (nSPS) is 5.33. The van der Waals surface area contributed by atoms with E-state index in [0.29, 0.717) is 0 Å². The number of hydrogen-bond donors (Lipinski definition) is 2. The van der Waals surface area contributed by atoms with Crippen LogP contribution in [0.1, 0.15) is 2.85 Å². The fraction of sp³-hybridized carbons (Fsp3) is 0. The van der Waals surface area contributed by atoms with Crippen LogP contribution >= 0.6 is 0 Å². The third-order valence-corrected chi connectivity index (χ3v) is 0.0956. The molecule has 0 saturated carbocycles. The Morgan fingerprint density at radius 3 is 2.17 bits per heavy atom. The van der Waals surface area contributed by atoms with E-state index in [1.165, 1.54) is 0 Å². The Kier molecular flexibility index (Phi) is 9.23. The second kappa shape index (κ2) is 5.64. The van der Waals surface area contributed by atoms with Crippen LogP contribution in [-0.4, -0.2) is 60.1 Å². The average molecular weight is 213 g/mol. The maximum atomic E-state index is 9.01. The Morgan fingerprint density at radius 1 is 2.00 bits per heavy atom. The largest absolute Gasteiger partial charge is 2.00 e. The molecule has 0 atom stereocenters. The fourth-order valence-electron chi connectivity index (χ4n) is 0. The summed E-state index contributed by atoms with van der Waals surface area (Å²) in [5, 5.41) is 9.42. The molecule has 4 nitrogen and oxygen atoms in total. The average Bonchev–Trinajstić information content (AvgIpc) is 1.38. The van der Waals surface area contributed by atoms with Crippen molar-refractivity contribution in [3.05, 3.63) is 0 Å². The van der Waals surface area contributed by atoms with Crippen LogP contribution in [0.5, 0.6) is 0 Å². The Balaban J connectivity index is -0.0000000267. The molecule has 0 bridgehead atoms. The predicted octanol–water partition coefficient (Wildman–Crippen LogP) is 0.540. The van der Waals surface area contributed by atoms with E-state index in [9.17, 15) is 0 Å². The van der Waals surface area contributed by atoms with Crippen molar-refractivity contribution in [3.8, 4) is 0 Å². The Bertz CT molecular complexity index is 69.1. The Morgan fingerprint density at radius 2 is 2.17 bits per heavy atom. The van der Waals surface area contributed by atoms with Crippen molar-refractivity contribution in [2.24, 2.45) is 5.11 Å². The minimum Gasteiger partial charge on any atom is -1.00 e. The van der Waals surface area contributed by atoms with E-state index in [2.05, 4.69) is 5.11 Å². The number of carbonyl (C=O) groups is 1. The molecule has 32 valence electrons. The van der Waals surface area contributed by atoms with E-state index in [4.69, 9.17) is 15.4 Å². The molecule has 6 heavy (non-hydrogen) atoms. The molecule has 0 saturated heterocycles. The number of rotatable bonds is 0. The predicted molar refractivity (Wildman–Crippen MR) is 21.2 cm³/mol. The van der Waals surface area contributed by atoms with Gasteiger partial charge in [-0.15, -0.1) is 0 Å². The van der Waals surface area contributed by atoms with Gasteiger partial charge in [-0.05, 0) is 0 Å². The van der Waals surface area contributed by atoms with Crippen molar-refractivity contribution in [1.29, 1.82) is 5.53 Å². The van der Waals surface area contributed by atoms with Crippen LogP contribution in [0.4, 0.5) is 4.79 Å². The molecule has 0 fully saturated rings. The molecule has 0 aromatic heterocycles. The van der Waals surface area contributed by atoms with Gasteiger partial charge in [0.05, 0.1) is 0 Å². The van der Waals surface area contributed by atoms with Gasteiger partial charge < -0.3 is 7.96 Å². The number of nitrogens with one attached hydrogen (secondary N) is 1. The molecular weight excluding hydrogens is 209 g/mol. The van der Waals surface area contributed by atoms with Crippen LogP contribution < -0.4 is 0 Å². The zero-order chi connectivity index (χ0) is 4.28. The maximum absolute atomic E-state index is 9.01. The van der Waals surface area contributed by atoms with E-state index in [1.807, 2.05) is 0 Å². The van der Waals surface area contributed by atoms with Gasteiger partial charge in [-0.25, -0.2) is 4.79 Å². The first-order valence-corrected chi connectivity index (χ1v) is 0.875. The fourth-order valence-corrected chi connectivity index (χ4v) is 0. The molecule has 1 amide bonds. The standard InChI is InChI=1S/CH2N2O2.Ba.2H/c2-3-1(4)5;;;/h2H,(H,4,5);;;/q;+2;2*-1. The van der Waals surface area contributed by atoms with E-state index in [0.717, 1.165) is 0 Å². The SMILES string of the molecule is N=NC(=O)O.[Ba+2].[H-].[H-]. The van der Waals surface area contributed by atoms with Crippen molar-refractivity contribution >= 4 is 55.0 Å². The van der Waals surface area contributed by atoms with Gasteiger partial charge in [-0.2, -0.15) is 5.53 Å². The molecule has 5 heteroatoms. The molecular formula is CH4BaN2O2. The minimum atomic E-state index is -1.45. The van der Waals surface area contributed by atoms with Gasteiger partial charge >= 0.3 is 55.0 Å². The van der Waals surface area contributed by atoms with Crippen LogP contribution in [0.2, 0.25) is 0 Å². The topological polar surface area (TPSA) is 73.5 Å². The van der Waals surface area contributed by atoms with Gasteiger partial charge in [-0.3, -0.25) is 0 Å². The Hall–Kier alpha value is 0.641. The quantitative estimate of drug-likeness (QED) is 0.455. The summed E-state index contributed by atoms with van der Waals surface area (Å²) in [5.41, 5.74) is 5.68. The molecule has 0 aliphatic rings. The molecule has 2 N–H and O–H groups in total. The zero-order valence-corrected chi connectivity index (χ0v) is 7.45. The van der Waals surface area contributed by atoms with Crippen LogP contribution in [0, 0.1) is 5.53 Å². The summed E-state index contributed by atoms with van der Waals surface area (Å²) < 4.78 is 0. The zero-order valence-electron chi connectivity index (χ0n) is 5.01. The number of nitrogens with zero attached hydrogens (tertiary/aromatic N) is 1. The van der Waals surface area contributed by atoms with Crippen LogP contribution in [0.3, 0.4) is 0 Å². The van der Waals surface area contributed by atoms with Gasteiger partial charge in [0.2, 0.25) is 0 Å². The van der Waals surface area contributed by atoms with Gasteiger partial charge in [0, 0.05) is 0 Å². The Labute approximate surface area is 77.5 Å².